The second-order valence-corrected chi connectivity index (χ2v) is 7.10. The molecule has 0 saturated carbocycles. The number of thiophene rings is 1. The van der Waals surface area contributed by atoms with E-state index in [1.807, 2.05) is 24.3 Å². The highest BCUT2D eigenvalue weighted by molar-refractivity contribution is 7.80. The van der Waals surface area contributed by atoms with E-state index in [0.717, 1.165) is 49.1 Å². The topological polar surface area (TPSA) is 33.7 Å². The molecular weight excluding hydrogens is 340 g/mol. The summed E-state index contributed by atoms with van der Waals surface area (Å²) in [5, 5.41) is 6.18. The number of thiocarbonyl (C=S) groups is 1. The lowest BCUT2D eigenvalue weighted by Crippen LogP contribution is -2.42. The molecule has 1 saturated heterocycles. The van der Waals surface area contributed by atoms with Crippen molar-refractivity contribution < 1.29 is 9.47 Å². The molecule has 1 atom stereocenters. The molecule has 4 nitrogen and oxygen atoms in total. The van der Waals surface area contributed by atoms with E-state index in [1.165, 1.54) is 4.88 Å². The third-order valence-corrected chi connectivity index (χ3v) is 5.25. The van der Waals surface area contributed by atoms with Crippen LogP contribution in [0.1, 0.15) is 17.7 Å². The minimum atomic E-state index is 0.266. The fourth-order valence-corrected chi connectivity index (χ4v) is 3.65. The predicted octanol–water partition coefficient (Wildman–Crippen LogP) is 3.82. The number of benzene rings is 1. The molecule has 1 aliphatic rings. The zero-order valence-electron chi connectivity index (χ0n) is 13.7. The Labute approximate surface area is 152 Å². The van der Waals surface area contributed by atoms with Crippen LogP contribution in [0.2, 0.25) is 0 Å². The first-order chi connectivity index (χ1) is 11.8. The Morgan fingerprint density at radius 3 is 2.83 bits per heavy atom. The Kier molecular flexibility index (Phi) is 6.07. The van der Waals surface area contributed by atoms with E-state index in [4.69, 9.17) is 21.7 Å². The van der Waals surface area contributed by atoms with Crippen molar-refractivity contribution in [2.75, 3.05) is 25.2 Å². The van der Waals surface area contributed by atoms with Gasteiger partial charge in [-0.15, -0.1) is 11.3 Å². The number of nitrogens with one attached hydrogen (secondary N) is 1. The van der Waals surface area contributed by atoms with Gasteiger partial charge in [0.15, 0.2) is 5.11 Å². The molecule has 1 fully saturated rings. The number of hydrogen-bond donors (Lipinski definition) is 1. The molecule has 0 radical (unpaired) electrons. The lowest BCUT2D eigenvalue weighted by atomic mass is 10.2. The minimum Gasteiger partial charge on any atom is -0.497 e. The molecule has 1 aromatic carbocycles. The van der Waals surface area contributed by atoms with E-state index < -0.39 is 0 Å². The fourth-order valence-electron chi connectivity index (χ4n) is 2.70. The van der Waals surface area contributed by atoms with Gasteiger partial charge >= 0.3 is 0 Å². The predicted molar refractivity (Wildman–Crippen MR) is 103 cm³/mol. The minimum absolute atomic E-state index is 0.266. The van der Waals surface area contributed by atoms with Crippen molar-refractivity contribution in [2.24, 2.45) is 0 Å². The second-order valence-electron chi connectivity index (χ2n) is 5.68. The van der Waals surface area contributed by atoms with Gasteiger partial charge in [-0.3, -0.25) is 0 Å². The zero-order chi connectivity index (χ0) is 16.8. The van der Waals surface area contributed by atoms with Gasteiger partial charge in [-0.25, -0.2) is 0 Å². The van der Waals surface area contributed by atoms with E-state index in [9.17, 15) is 0 Å². The fraction of sp³-hybridized carbons (Fsp3) is 0.389. The molecule has 3 rings (SSSR count). The van der Waals surface area contributed by atoms with Crippen molar-refractivity contribution >= 4 is 34.4 Å². The van der Waals surface area contributed by atoms with Gasteiger partial charge in [0.05, 0.1) is 19.8 Å². The van der Waals surface area contributed by atoms with Crippen LogP contribution in [0, 0.1) is 0 Å². The van der Waals surface area contributed by atoms with Crippen LogP contribution in [0.4, 0.5) is 5.69 Å². The molecule has 0 aliphatic carbocycles. The van der Waals surface area contributed by atoms with Crippen LogP contribution in [0.15, 0.2) is 41.8 Å². The van der Waals surface area contributed by atoms with E-state index in [2.05, 4.69) is 27.7 Å². The Balaban J connectivity index is 1.71. The van der Waals surface area contributed by atoms with E-state index >= 15 is 0 Å². The SMILES string of the molecule is COc1ccc(N(Cc2cccs2)C(=S)NC[C@@H]2CCCO2)cc1. The summed E-state index contributed by atoms with van der Waals surface area (Å²) >= 11 is 7.39. The molecule has 2 heterocycles. The molecule has 2 aromatic rings. The van der Waals surface area contributed by atoms with Crippen LogP contribution in [0.25, 0.3) is 0 Å². The van der Waals surface area contributed by atoms with Crippen molar-refractivity contribution in [3.63, 3.8) is 0 Å². The zero-order valence-corrected chi connectivity index (χ0v) is 15.4. The molecule has 0 unspecified atom stereocenters. The third kappa shape index (κ3) is 4.47. The van der Waals surface area contributed by atoms with Gasteiger partial charge in [0.25, 0.3) is 0 Å². The molecule has 1 N–H and O–H groups in total. The lowest BCUT2D eigenvalue weighted by molar-refractivity contribution is 0.114. The Morgan fingerprint density at radius 1 is 1.38 bits per heavy atom. The van der Waals surface area contributed by atoms with Gasteiger partial charge in [0.1, 0.15) is 5.75 Å². The number of rotatable bonds is 6. The number of ether oxygens (including phenoxy) is 2. The van der Waals surface area contributed by atoms with Crippen molar-refractivity contribution in [2.45, 2.75) is 25.5 Å². The summed E-state index contributed by atoms with van der Waals surface area (Å²) in [6, 6.07) is 12.2. The maximum absolute atomic E-state index is 5.67. The summed E-state index contributed by atoms with van der Waals surface area (Å²) in [5.41, 5.74) is 1.05. The van der Waals surface area contributed by atoms with Crippen molar-refractivity contribution in [1.82, 2.24) is 5.32 Å². The van der Waals surface area contributed by atoms with Crippen LogP contribution in [-0.4, -0.2) is 31.5 Å². The van der Waals surface area contributed by atoms with Gasteiger partial charge in [-0.2, -0.15) is 0 Å². The van der Waals surface area contributed by atoms with Crippen molar-refractivity contribution in [1.29, 1.82) is 0 Å². The number of anilines is 1. The standard InChI is InChI=1S/C18H22N2O2S2/c1-21-15-8-6-14(7-9-15)20(13-17-5-3-11-24-17)18(23)19-12-16-4-2-10-22-16/h3,5-9,11,16H,2,4,10,12-13H2,1H3,(H,19,23)/t16-/m0/s1. The molecule has 0 bridgehead atoms. The van der Waals surface area contributed by atoms with Crippen LogP contribution in [0.5, 0.6) is 5.75 Å². The van der Waals surface area contributed by atoms with Crippen molar-refractivity contribution in [3.05, 3.63) is 46.7 Å². The molecule has 128 valence electrons. The van der Waals surface area contributed by atoms with Gasteiger partial charge in [-0.05, 0) is 60.8 Å². The van der Waals surface area contributed by atoms with Gasteiger partial charge < -0.3 is 19.7 Å². The normalized spacial score (nSPS) is 16.8. The van der Waals surface area contributed by atoms with Crippen molar-refractivity contribution in [3.8, 4) is 5.75 Å². The lowest BCUT2D eigenvalue weighted by Gasteiger charge is -2.26. The quantitative estimate of drug-likeness (QED) is 0.790. The van der Waals surface area contributed by atoms with Gasteiger partial charge in [0, 0.05) is 23.7 Å². The highest BCUT2D eigenvalue weighted by Gasteiger charge is 2.18. The Morgan fingerprint density at radius 2 is 2.21 bits per heavy atom. The molecule has 0 spiro atoms. The van der Waals surface area contributed by atoms with Crippen LogP contribution in [0.3, 0.4) is 0 Å². The third-order valence-electron chi connectivity index (χ3n) is 4.03. The van der Waals surface area contributed by atoms with Gasteiger partial charge in [0.2, 0.25) is 0 Å². The molecule has 0 amide bonds. The average Bonchev–Trinajstić information content (AvgIpc) is 3.31. The smallest absolute Gasteiger partial charge is 0.173 e. The highest BCUT2D eigenvalue weighted by Crippen LogP contribution is 2.23. The molecule has 1 aliphatic heterocycles. The summed E-state index contributed by atoms with van der Waals surface area (Å²) < 4.78 is 10.9. The van der Waals surface area contributed by atoms with Crippen LogP contribution >= 0.6 is 23.6 Å². The monoisotopic (exact) mass is 362 g/mol. The number of hydrogen-bond acceptors (Lipinski definition) is 4. The highest BCUT2D eigenvalue weighted by atomic mass is 32.1. The molecular formula is C18H22N2O2S2. The molecule has 24 heavy (non-hydrogen) atoms. The Bertz CT molecular complexity index is 638. The van der Waals surface area contributed by atoms with Crippen LogP contribution in [-0.2, 0) is 11.3 Å². The summed E-state index contributed by atoms with van der Waals surface area (Å²) in [5.74, 6) is 0.841. The first kappa shape index (κ1) is 17.2. The summed E-state index contributed by atoms with van der Waals surface area (Å²) in [6.45, 7) is 2.37. The largest absolute Gasteiger partial charge is 0.497 e. The van der Waals surface area contributed by atoms with E-state index in [-0.39, 0.29) is 6.10 Å². The Hall–Kier alpha value is -1.63. The first-order valence-electron chi connectivity index (χ1n) is 8.09. The van der Waals surface area contributed by atoms with Crippen LogP contribution < -0.4 is 15.0 Å². The van der Waals surface area contributed by atoms with Gasteiger partial charge in [-0.1, -0.05) is 6.07 Å². The molecule has 1 aromatic heterocycles. The first-order valence-corrected chi connectivity index (χ1v) is 9.38. The number of methoxy groups -OCH3 is 1. The average molecular weight is 363 g/mol. The van der Waals surface area contributed by atoms with E-state index in [0.29, 0.717) is 0 Å². The summed E-state index contributed by atoms with van der Waals surface area (Å²) in [7, 11) is 1.67. The summed E-state index contributed by atoms with van der Waals surface area (Å²) in [4.78, 5) is 3.39. The second kappa shape index (κ2) is 8.46. The molecule has 6 heteroatoms. The maximum Gasteiger partial charge on any atom is 0.173 e. The maximum atomic E-state index is 5.67. The number of nitrogens with zero attached hydrogens (tertiary/aromatic N) is 1. The van der Waals surface area contributed by atoms with E-state index in [1.54, 1.807) is 18.4 Å². The summed E-state index contributed by atoms with van der Waals surface area (Å²) in [6.07, 6.45) is 2.50.